The highest BCUT2D eigenvalue weighted by molar-refractivity contribution is 6.35. The highest BCUT2D eigenvalue weighted by Gasteiger charge is 2.31. The van der Waals surface area contributed by atoms with Crippen LogP contribution in [0.1, 0.15) is 31.2 Å². The number of nitrogens with zero attached hydrogens (tertiary/aromatic N) is 1. The average molecular weight is 381 g/mol. The molecule has 2 aliphatic rings. The van der Waals surface area contributed by atoms with Gasteiger partial charge in [-0.05, 0) is 25.0 Å². The molecule has 0 amide bonds. The van der Waals surface area contributed by atoms with Crippen LogP contribution in [0, 0.1) is 0 Å². The van der Waals surface area contributed by atoms with Gasteiger partial charge < -0.3 is 9.47 Å². The van der Waals surface area contributed by atoms with Gasteiger partial charge in [-0.25, -0.2) is 0 Å². The quantitative estimate of drug-likeness (QED) is 0.763. The summed E-state index contributed by atoms with van der Waals surface area (Å²) in [4.78, 5) is 2.53. The van der Waals surface area contributed by atoms with E-state index >= 15 is 0 Å². The Morgan fingerprint density at radius 3 is 2.43 bits per heavy atom. The summed E-state index contributed by atoms with van der Waals surface area (Å²) in [6, 6.07) is 6.10. The van der Waals surface area contributed by atoms with Crippen molar-refractivity contribution in [2.24, 2.45) is 0 Å². The molecule has 1 aromatic carbocycles. The van der Waals surface area contributed by atoms with E-state index in [4.69, 9.17) is 32.7 Å². The summed E-state index contributed by atoms with van der Waals surface area (Å²) < 4.78 is 11.7. The molecule has 1 aliphatic heterocycles. The van der Waals surface area contributed by atoms with Crippen molar-refractivity contribution >= 4 is 35.6 Å². The van der Waals surface area contributed by atoms with Gasteiger partial charge in [0.05, 0.1) is 25.9 Å². The van der Waals surface area contributed by atoms with Crippen molar-refractivity contribution in [2.45, 2.75) is 44.4 Å². The molecular formula is C17H24Cl3NO2. The summed E-state index contributed by atoms with van der Waals surface area (Å²) in [7, 11) is 0. The number of ether oxygens (including phenoxy) is 2. The molecule has 0 radical (unpaired) electrons. The van der Waals surface area contributed by atoms with Crippen LogP contribution in [0.2, 0.25) is 10.0 Å². The molecule has 1 saturated heterocycles. The van der Waals surface area contributed by atoms with Gasteiger partial charge >= 0.3 is 0 Å². The van der Waals surface area contributed by atoms with Crippen molar-refractivity contribution in [3.63, 3.8) is 0 Å². The summed E-state index contributed by atoms with van der Waals surface area (Å²) in [5, 5.41) is 1.37. The van der Waals surface area contributed by atoms with Crippen LogP contribution in [0.15, 0.2) is 18.2 Å². The SMILES string of the molecule is Cl.Clc1cccc(Cl)c1COC1CCCCC1N1CCOCC1. The van der Waals surface area contributed by atoms with Gasteiger partial charge in [0, 0.05) is 34.7 Å². The molecule has 1 heterocycles. The fourth-order valence-electron chi connectivity index (χ4n) is 3.46. The standard InChI is InChI=1S/C17H23Cl2NO2.ClH/c18-14-4-3-5-15(19)13(14)12-22-17-7-2-1-6-16(17)20-8-10-21-11-9-20;/h3-5,16-17H,1-2,6-12H2;1H. The van der Waals surface area contributed by atoms with E-state index in [2.05, 4.69) is 4.90 Å². The Kier molecular flexibility index (Phi) is 7.93. The fourth-order valence-corrected chi connectivity index (χ4v) is 3.97. The smallest absolute Gasteiger partial charge is 0.0750 e. The number of hydrogen-bond donors (Lipinski definition) is 0. The normalized spacial score (nSPS) is 25.8. The second-order valence-corrected chi connectivity index (χ2v) is 6.86. The monoisotopic (exact) mass is 379 g/mol. The molecule has 1 aromatic rings. The van der Waals surface area contributed by atoms with Crippen LogP contribution >= 0.6 is 35.6 Å². The van der Waals surface area contributed by atoms with E-state index in [-0.39, 0.29) is 18.5 Å². The Hall–Kier alpha value is -0.0300. The maximum absolute atomic E-state index is 6.25. The lowest BCUT2D eigenvalue weighted by Gasteiger charge is -2.41. The molecular weight excluding hydrogens is 357 g/mol. The first-order valence-electron chi connectivity index (χ1n) is 8.12. The Morgan fingerprint density at radius 2 is 1.74 bits per heavy atom. The molecule has 1 saturated carbocycles. The van der Waals surface area contributed by atoms with E-state index in [1.165, 1.54) is 19.3 Å². The predicted octanol–water partition coefficient (Wildman–Crippen LogP) is 4.58. The molecule has 0 N–H and O–H groups in total. The molecule has 2 fully saturated rings. The van der Waals surface area contributed by atoms with Crippen LogP contribution in [0.3, 0.4) is 0 Å². The molecule has 3 nitrogen and oxygen atoms in total. The second-order valence-electron chi connectivity index (χ2n) is 6.05. The van der Waals surface area contributed by atoms with E-state index in [0.717, 1.165) is 38.3 Å². The van der Waals surface area contributed by atoms with Crippen molar-refractivity contribution in [3.8, 4) is 0 Å². The molecule has 23 heavy (non-hydrogen) atoms. The summed E-state index contributed by atoms with van der Waals surface area (Å²) >= 11 is 12.5. The highest BCUT2D eigenvalue weighted by Crippen LogP contribution is 2.30. The van der Waals surface area contributed by atoms with Crippen LogP contribution in [0.5, 0.6) is 0 Å². The zero-order valence-corrected chi connectivity index (χ0v) is 15.5. The van der Waals surface area contributed by atoms with E-state index in [1.807, 2.05) is 18.2 Å². The summed E-state index contributed by atoms with van der Waals surface area (Å²) in [6.45, 7) is 4.18. The van der Waals surface area contributed by atoms with Crippen molar-refractivity contribution in [3.05, 3.63) is 33.8 Å². The minimum absolute atomic E-state index is 0. The first-order chi connectivity index (χ1) is 10.8. The maximum Gasteiger partial charge on any atom is 0.0750 e. The Bertz CT molecular complexity index is 474. The topological polar surface area (TPSA) is 21.7 Å². The lowest BCUT2D eigenvalue weighted by Crippen LogP contribution is -2.51. The molecule has 0 spiro atoms. The van der Waals surface area contributed by atoms with Crippen molar-refractivity contribution in [2.75, 3.05) is 26.3 Å². The Morgan fingerprint density at radius 1 is 1.09 bits per heavy atom. The summed E-state index contributed by atoms with van der Waals surface area (Å²) in [6.07, 6.45) is 5.11. The Balaban J connectivity index is 0.00000192. The average Bonchev–Trinajstić information content (AvgIpc) is 2.56. The van der Waals surface area contributed by atoms with Gasteiger partial charge in [-0.15, -0.1) is 12.4 Å². The van der Waals surface area contributed by atoms with Gasteiger partial charge in [0.15, 0.2) is 0 Å². The molecule has 3 rings (SSSR count). The van der Waals surface area contributed by atoms with Gasteiger partial charge in [0.25, 0.3) is 0 Å². The number of rotatable bonds is 4. The molecule has 1 aliphatic carbocycles. The van der Waals surface area contributed by atoms with Crippen molar-refractivity contribution in [1.82, 2.24) is 4.90 Å². The lowest BCUT2D eigenvalue weighted by molar-refractivity contribution is -0.0709. The fraction of sp³-hybridized carbons (Fsp3) is 0.647. The van der Waals surface area contributed by atoms with Crippen LogP contribution in [-0.2, 0) is 16.1 Å². The van der Waals surface area contributed by atoms with E-state index < -0.39 is 0 Å². The zero-order valence-electron chi connectivity index (χ0n) is 13.2. The largest absolute Gasteiger partial charge is 0.379 e. The minimum Gasteiger partial charge on any atom is -0.379 e. The van der Waals surface area contributed by atoms with Gasteiger partial charge in [0.2, 0.25) is 0 Å². The van der Waals surface area contributed by atoms with Gasteiger partial charge in [-0.3, -0.25) is 4.90 Å². The molecule has 2 atom stereocenters. The van der Waals surface area contributed by atoms with Crippen LogP contribution in [-0.4, -0.2) is 43.3 Å². The van der Waals surface area contributed by atoms with E-state index in [0.29, 0.717) is 22.7 Å². The third-order valence-electron chi connectivity index (χ3n) is 4.69. The van der Waals surface area contributed by atoms with Crippen molar-refractivity contribution < 1.29 is 9.47 Å². The molecule has 130 valence electrons. The van der Waals surface area contributed by atoms with E-state index in [1.54, 1.807) is 0 Å². The number of hydrogen-bond acceptors (Lipinski definition) is 3. The van der Waals surface area contributed by atoms with Crippen LogP contribution in [0.4, 0.5) is 0 Å². The molecule has 2 unspecified atom stereocenters. The second kappa shape index (κ2) is 9.45. The lowest BCUT2D eigenvalue weighted by atomic mass is 9.91. The first kappa shape index (κ1) is 19.3. The first-order valence-corrected chi connectivity index (χ1v) is 8.87. The number of morpholine rings is 1. The zero-order chi connectivity index (χ0) is 15.4. The van der Waals surface area contributed by atoms with Crippen LogP contribution < -0.4 is 0 Å². The Labute approximate surface area is 154 Å². The third-order valence-corrected chi connectivity index (χ3v) is 5.39. The summed E-state index contributed by atoms with van der Waals surface area (Å²) in [5.41, 5.74) is 0.900. The maximum atomic E-state index is 6.25. The molecule has 0 aromatic heterocycles. The minimum atomic E-state index is 0. The summed E-state index contributed by atoms with van der Waals surface area (Å²) in [5.74, 6) is 0. The van der Waals surface area contributed by atoms with Gasteiger partial charge in [0.1, 0.15) is 0 Å². The number of benzene rings is 1. The number of halogens is 3. The van der Waals surface area contributed by atoms with Crippen molar-refractivity contribution in [1.29, 1.82) is 0 Å². The predicted molar refractivity (Wildman–Crippen MR) is 96.9 cm³/mol. The van der Waals surface area contributed by atoms with E-state index in [9.17, 15) is 0 Å². The third kappa shape index (κ3) is 4.97. The van der Waals surface area contributed by atoms with Crippen LogP contribution in [0.25, 0.3) is 0 Å². The van der Waals surface area contributed by atoms with Gasteiger partial charge in [-0.2, -0.15) is 0 Å². The van der Waals surface area contributed by atoms with Gasteiger partial charge in [-0.1, -0.05) is 42.1 Å². The molecule has 0 bridgehead atoms. The highest BCUT2D eigenvalue weighted by atomic mass is 35.5. The molecule has 6 heteroatoms.